The topological polar surface area (TPSA) is 37.3 Å². The number of unbranched alkanes of at least 4 members (excludes halogenated alkanes) is 13. The van der Waals surface area contributed by atoms with Crippen LogP contribution in [-0.4, -0.2) is 11.1 Å². The fourth-order valence-corrected chi connectivity index (χ4v) is 2.29. The van der Waals surface area contributed by atoms with Crippen molar-refractivity contribution in [1.82, 2.24) is 0 Å². The second-order valence-electron chi connectivity index (χ2n) is 6.24. The van der Waals surface area contributed by atoms with Crippen LogP contribution < -0.4 is 51.4 Å². The molecule has 0 aliphatic heterocycles. The molecule has 0 aromatic rings. The van der Waals surface area contributed by atoms with Crippen LogP contribution in [0, 0.1) is 6.92 Å². The number of hydrogen-bond donors (Lipinski definition) is 1. The minimum atomic E-state index is -0.655. The van der Waals surface area contributed by atoms with Gasteiger partial charge in [-0.3, -0.25) is 4.79 Å². The van der Waals surface area contributed by atoms with Gasteiger partial charge in [0.1, 0.15) is 0 Å². The Morgan fingerprint density at radius 2 is 1.00 bits per heavy atom. The first-order chi connectivity index (χ1) is 10.7. The summed E-state index contributed by atoms with van der Waals surface area (Å²) in [5.41, 5.74) is 0. The van der Waals surface area contributed by atoms with Crippen LogP contribution in [0.5, 0.6) is 0 Å². The Morgan fingerprint density at radius 1 is 0.696 bits per heavy atom. The molecule has 0 fully saturated rings. The van der Waals surface area contributed by atoms with E-state index in [2.05, 4.69) is 20.8 Å². The van der Waals surface area contributed by atoms with E-state index in [0.29, 0.717) is 6.42 Å². The molecule has 1 N–H and O–H groups in total. The predicted molar refractivity (Wildman–Crippen MR) is 98.2 cm³/mol. The molecular weight excluding hydrogens is 311 g/mol. The Balaban J connectivity index is -0.000000712. The van der Waals surface area contributed by atoms with E-state index in [1.807, 2.05) is 0 Å². The van der Waals surface area contributed by atoms with Crippen LogP contribution in [0.4, 0.5) is 0 Å². The van der Waals surface area contributed by atoms with Gasteiger partial charge in [-0.05, 0) is 6.42 Å². The molecule has 23 heavy (non-hydrogen) atoms. The smallest absolute Gasteiger partial charge is 0.481 e. The summed E-state index contributed by atoms with van der Waals surface area (Å²) in [6.07, 6.45) is 19.5. The van der Waals surface area contributed by atoms with Crippen LogP contribution in [0.1, 0.15) is 117 Å². The molecule has 0 aromatic heterocycles. The van der Waals surface area contributed by atoms with E-state index >= 15 is 0 Å². The van der Waals surface area contributed by atoms with Crippen molar-refractivity contribution >= 4 is 5.97 Å². The van der Waals surface area contributed by atoms with E-state index in [1.54, 1.807) is 0 Å². The minimum absolute atomic E-state index is 0. The van der Waals surface area contributed by atoms with Crippen molar-refractivity contribution in [3.63, 3.8) is 0 Å². The summed E-state index contributed by atoms with van der Waals surface area (Å²) in [4.78, 5) is 10.3. The molecule has 0 aliphatic carbocycles. The van der Waals surface area contributed by atoms with Crippen LogP contribution >= 0.6 is 0 Å². The van der Waals surface area contributed by atoms with Gasteiger partial charge in [0.05, 0.1) is 0 Å². The average Bonchev–Trinajstić information content (AvgIpc) is 2.52. The molecule has 3 heteroatoms. The van der Waals surface area contributed by atoms with E-state index < -0.39 is 5.97 Å². The summed E-state index contributed by atoms with van der Waals surface area (Å²) >= 11 is 0. The SMILES string of the molecule is CCCCCCCCCCCCCCCC(=O)O.[CH2-]CCC.[K+]. The number of rotatable bonds is 15. The summed E-state index contributed by atoms with van der Waals surface area (Å²) in [5.74, 6) is -0.655. The van der Waals surface area contributed by atoms with Gasteiger partial charge in [-0.25, -0.2) is 0 Å². The fraction of sp³-hybridized carbons (Fsp3) is 0.900. The predicted octanol–water partition coefficient (Wildman–Crippen LogP) is 4.18. The Kier molecular flexibility index (Phi) is 35.1. The van der Waals surface area contributed by atoms with E-state index in [0.717, 1.165) is 19.3 Å². The number of aliphatic carboxylic acids is 1. The number of carboxylic acid groups (broad SMARTS) is 1. The standard InChI is InChI=1S/C16H32O2.C4H9.K/c1-2-3-4-5-6-7-8-9-10-11-12-13-14-15-16(17)18;1-3-4-2;/h2-15H2,1H3,(H,17,18);1,3-4H2,2H3;/q;-1;+1. The Labute approximate surface area is 189 Å². The van der Waals surface area contributed by atoms with Gasteiger partial charge >= 0.3 is 57.4 Å². The molecule has 0 rings (SSSR count). The summed E-state index contributed by atoms with van der Waals surface area (Å²) in [7, 11) is 0. The molecule has 0 unspecified atom stereocenters. The minimum Gasteiger partial charge on any atom is -0.481 e. The largest absolute Gasteiger partial charge is 1.00 e. The zero-order valence-corrected chi connectivity index (χ0v) is 19.5. The molecule has 0 saturated heterocycles. The third-order valence-electron chi connectivity index (χ3n) is 3.85. The van der Waals surface area contributed by atoms with Gasteiger partial charge in [0.2, 0.25) is 0 Å². The summed E-state index contributed by atoms with van der Waals surface area (Å²) in [6, 6.07) is 0. The average molecular weight is 353 g/mol. The van der Waals surface area contributed by atoms with E-state index in [1.165, 1.54) is 77.0 Å². The number of hydrogen-bond acceptors (Lipinski definition) is 1. The molecule has 2 nitrogen and oxygen atoms in total. The fourth-order valence-electron chi connectivity index (χ4n) is 2.29. The van der Waals surface area contributed by atoms with Crippen LogP contribution in [-0.2, 0) is 4.79 Å². The van der Waals surface area contributed by atoms with E-state index in [-0.39, 0.29) is 51.4 Å². The van der Waals surface area contributed by atoms with Crippen LogP contribution in [0.15, 0.2) is 0 Å². The molecule has 0 aliphatic rings. The van der Waals surface area contributed by atoms with Gasteiger partial charge < -0.3 is 12.0 Å². The maximum absolute atomic E-state index is 10.3. The van der Waals surface area contributed by atoms with Gasteiger partial charge in [-0.15, -0.1) is 0 Å². The second-order valence-corrected chi connectivity index (χ2v) is 6.24. The molecule has 0 spiro atoms. The maximum atomic E-state index is 10.3. The summed E-state index contributed by atoms with van der Waals surface area (Å²) in [5, 5.41) is 8.49. The monoisotopic (exact) mass is 352 g/mol. The molecule has 0 atom stereocenters. The van der Waals surface area contributed by atoms with Crippen LogP contribution in [0.3, 0.4) is 0 Å². The van der Waals surface area contributed by atoms with Crippen molar-refractivity contribution in [1.29, 1.82) is 0 Å². The van der Waals surface area contributed by atoms with Gasteiger partial charge in [0.15, 0.2) is 0 Å². The van der Waals surface area contributed by atoms with Gasteiger partial charge in [0, 0.05) is 6.42 Å². The van der Waals surface area contributed by atoms with Crippen molar-refractivity contribution < 1.29 is 61.3 Å². The van der Waals surface area contributed by atoms with E-state index in [4.69, 9.17) is 5.11 Å². The van der Waals surface area contributed by atoms with Crippen molar-refractivity contribution in [2.45, 2.75) is 117 Å². The summed E-state index contributed by atoms with van der Waals surface area (Å²) < 4.78 is 0. The first-order valence-corrected chi connectivity index (χ1v) is 9.70. The van der Waals surface area contributed by atoms with Crippen LogP contribution in [0.25, 0.3) is 0 Å². The Morgan fingerprint density at radius 3 is 1.26 bits per heavy atom. The summed E-state index contributed by atoms with van der Waals surface area (Å²) in [6.45, 7) is 7.98. The molecule has 0 aromatic carbocycles. The number of carbonyl (C=O) groups is 1. The van der Waals surface area contributed by atoms with Gasteiger partial charge in [0.25, 0.3) is 0 Å². The molecule has 0 radical (unpaired) electrons. The molecule has 0 saturated carbocycles. The maximum Gasteiger partial charge on any atom is 1.00 e. The quantitative estimate of drug-likeness (QED) is 0.273. The first-order valence-electron chi connectivity index (χ1n) is 9.70. The molecule has 0 amide bonds. The molecule has 0 heterocycles. The van der Waals surface area contributed by atoms with Crippen LogP contribution in [0.2, 0.25) is 0 Å². The van der Waals surface area contributed by atoms with Gasteiger partial charge in [-0.1, -0.05) is 97.3 Å². The van der Waals surface area contributed by atoms with Crippen molar-refractivity contribution in [2.75, 3.05) is 0 Å². The molecule has 0 bridgehead atoms. The normalized spacial score (nSPS) is 9.70. The molecule has 134 valence electrons. The van der Waals surface area contributed by atoms with Crippen molar-refractivity contribution in [3.8, 4) is 0 Å². The van der Waals surface area contributed by atoms with Crippen molar-refractivity contribution in [3.05, 3.63) is 6.92 Å². The van der Waals surface area contributed by atoms with E-state index in [9.17, 15) is 4.79 Å². The Bertz CT molecular complexity index is 206. The molecular formula is C20H41KO2. The Hall–Kier alpha value is 1.11. The number of carboxylic acids is 1. The van der Waals surface area contributed by atoms with Gasteiger partial charge in [-0.2, -0.15) is 6.42 Å². The first kappa shape index (κ1) is 28.9. The second kappa shape index (κ2) is 27.9. The zero-order valence-electron chi connectivity index (χ0n) is 16.4. The van der Waals surface area contributed by atoms with Crippen molar-refractivity contribution in [2.24, 2.45) is 0 Å². The zero-order chi connectivity index (χ0) is 16.9. The third-order valence-corrected chi connectivity index (χ3v) is 3.85. The third kappa shape index (κ3) is 35.2.